The van der Waals surface area contributed by atoms with Crippen LogP contribution in [0.3, 0.4) is 0 Å². The first-order chi connectivity index (χ1) is 50.6. The van der Waals surface area contributed by atoms with E-state index in [4.69, 9.17) is 26.7 Å². The molecule has 0 spiro atoms. The number of H-pyrrole nitrogens is 3. The highest BCUT2D eigenvalue weighted by atomic mass is 19.4. The van der Waals surface area contributed by atoms with Crippen LogP contribution in [0.4, 0.5) is 80.7 Å². The standard InChI is InChI=1S/C19H13F3N6O2.C16H17N5O3.C15H19N5O3.C11H9N5O.C8H4F3NO/c20-19(21,22)11-2-1-3-13(8-11)27-18(30)26-12-4-6-14(7-5-12)28-10-25-15-16(28)23-9-24-17(15)29;1-16(2,3)24-15(23)20-10-4-6-11(7-5-10)21-9-19-12-13(21)17-8-18-14(12)22;1-15(2,3)23-14(22)19-9-4-6-10(7-5-9)20-8-18-11(12(20)16)13(17)21;12-7-1-3-8(4-2-7)16-6-15-9-10(16)13-5-14-11(9)17;9-8(10,11)6-2-1-3-7(4-6)12-5-13/h1-10H,(H,23,24,29)(H2,26,27,30);4-9H,1-3H3,(H,20,23)(H,17,18,22);4-8H,16H2,1-3H3,(H2,17,21)(H,19,22);1-6H,12H2,(H,13,14,17);1-4H. The van der Waals surface area contributed by atoms with Crippen molar-refractivity contribution < 1.29 is 59.8 Å². The van der Waals surface area contributed by atoms with Gasteiger partial charge in [-0.3, -0.25) is 48.1 Å². The van der Waals surface area contributed by atoms with Gasteiger partial charge in [0.05, 0.1) is 35.8 Å². The van der Waals surface area contributed by atoms with Gasteiger partial charge in [-0.25, -0.2) is 54.1 Å². The molecule has 0 aliphatic carbocycles. The SMILES string of the molecule is CC(C)(C)OC(=O)Nc1ccc(-n2cnc(C(N)=O)c2N)cc1.CC(C)(C)OC(=O)Nc1ccc(-n2cnc3c(=O)[nH]cnc32)cc1.Nc1ccc(-n2cnc3c(=O)[nH]cnc32)cc1.O=C(Nc1ccc(-n2cnc3c(=O)[nH]cnc32)cc1)Nc1cccc(C(F)(F)F)c1.O=C=Nc1cccc(C(F)(F)F)c1. The van der Waals surface area contributed by atoms with Gasteiger partial charge in [0.15, 0.2) is 39.2 Å². The number of hydrogen-bond acceptors (Lipinski definition) is 20. The molecular weight excluding hydrogens is 1410 g/mol. The number of carbonyl (C=O) groups is 4. The van der Waals surface area contributed by atoms with E-state index < -0.39 is 58.8 Å². The van der Waals surface area contributed by atoms with E-state index >= 15 is 0 Å². The van der Waals surface area contributed by atoms with Crippen molar-refractivity contribution in [2.75, 3.05) is 32.7 Å². The first kappa shape index (κ1) is 76.6. The molecule has 13 N–H and O–H groups in total. The summed E-state index contributed by atoms with van der Waals surface area (Å²) < 4.78 is 91.4. The van der Waals surface area contributed by atoms with E-state index in [0.29, 0.717) is 56.6 Å². The smallest absolute Gasteiger partial charge is 0.416 e. The van der Waals surface area contributed by atoms with Crippen molar-refractivity contribution >= 4 is 104 Å². The van der Waals surface area contributed by atoms with Gasteiger partial charge in [0, 0.05) is 51.2 Å². The van der Waals surface area contributed by atoms with E-state index in [9.17, 15) is 64.7 Å². The number of halogens is 6. The molecule has 0 saturated carbocycles. The maximum absolute atomic E-state index is 12.8. The fourth-order valence-corrected chi connectivity index (χ4v) is 9.32. The highest BCUT2D eigenvalue weighted by Gasteiger charge is 2.32. The summed E-state index contributed by atoms with van der Waals surface area (Å²) in [6.45, 7) is 10.8. The number of urea groups is 1. The molecule has 38 heteroatoms. The summed E-state index contributed by atoms with van der Waals surface area (Å²) in [6, 6.07) is 35.5. The number of primary amides is 1. The lowest BCUT2D eigenvalue weighted by molar-refractivity contribution is -0.138. The predicted molar refractivity (Wildman–Crippen MR) is 382 cm³/mol. The molecule has 0 aliphatic rings. The molecule has 0 fully saturated rings. The number of alkyl halides is 6. The average Bonchev–Trinajstić information content (AvgIpc) is 1.67. The quantitative estimate of drug-likeness (QED) is 0.0263. The van der Waals surface area contributed by atoms with Gasteiger partial charge >= 0.3 is 30.6 Å². The lowest BCUT2D eigenvalue weighted by atomic mass is 10.2. The maximum Gasteiger partial charge on any atom is 0.416 e. The normalized spacial score (nSPS) is 11.2. The number of ether oxygens (including phenoxy) is 2. The number of carbonyl (C=O) groups excluding carboxylic acids is 5. The molecule has 32 nitrogen and oxygen atoms in total. The molecule has 0 aliphatic heterocycles. The Hall–Kier alpha value is -14.6. The van der Waals surface area contributed by atoms with E-state index in [-0.39, 0.29) is 50.6 Å². The van der Waals surface area contributed by atoms with E-state index in [1.54, 1.807) is 147 Å². The van der Waals surface area contributed by atoms with Crippen LogP contribution in [0, 0.1) is 0 Å². The number of anilines is 6. The summed E-state index contributed by atoms with van der Waals surface area (Å²) in [5, 5.41) is 10.2. The minimum Gasteiger partial charge on any atom is -0.444 e. The molecule has 7 aromatic heterocycles. The highest BCUT2D eigenvalue weighted by Crippen LogP contribution is 2.33. The fraction of sp³-hybridized carbons (Fsp3) is 0.145. The van der Waals surface area contributed by atoms with E-state index in [2.05, 4.69) is 76.1 Å². The van der Waals surface area contributed by atoms with Crippen molar-refractivity contribution in [3.8, 4) is 22.7 Å². The third kappa shape index (κ3) is 20.6. The molecule has 0 bridgehead atoms. The molecule has 550 valence electrons. The summed E-state index contributed by atoms with van der Waals surface area (Å²) in [6.07, 6.45) is 1.14. The summed E-state index contributed by atoms with van der Waals surface area (Å²) in [7, 11) is 0. The summed E-state index contributed by atoms with van der Waals surface area (Å²) in [5.41, 5.74) is 20.3. The number of nitrogens with zero attached hydrogens (tertiary/aromatic N) is 12. The number of aliphatic imine (C=N–C) groups is 1. The Bertz CT molecular complexity index is 5580. The van der Waals surface area contributed by atoms with E-state index in [1.165, 1.54) is 72.9 Å². The Kier molecular flexibility index (Phi) is 23.3. The van der Waals surface area contributed by atoms with Crippen LogP contribution in [0.2, 0.25) is 0 Å². The zero-order chi connectivity index (χ0) is 77.5. The second-order valence-corrected chi connectivity index (χ2v) is 24.2. The highest BCUT2D eigenvalue weighted by molar-refractivity contribution is 6.00. The fourth-order valence-electron chi connectivity index (χ4n) is 9.32. The number of fused-ring (bicyclic) bond motifs is 3. The zero-order valence-corrected chi connectivity index (χ0v) is 56.8. The first-order valence-electron chi connectivity index (χ1n) is 31.1. The lowest BCUT2D eigenvalue weighted by Crippen LogP contribution is -2.27. The number of imidazole rings is 4. The molecule has 107 heavy (non-hydrogen) atoms. The molecule has 13 aromatic rings. The van der Waals surface area contributed by atoms with Crippen molar-refractivity contribution in [1.29, 1.82) is 0 Å². The summed E-state index contributed by atoms with van der Waals surface area (Å²) in [5.74, 6) is -0.533. The predicted octanol–water partition coefficient (Wildman–Crippen LogP) is 11.5. The number of aromatic amines is 3. The molecule has 13 rings (SSSR count). The minimum atomic E-state index is -4.50. The molecule has 0 radical (unpaired) electrons. The second-order valence-electron chi connectivity index (χ2n) is 24.2. The Balaban J connectivity index is 0.000000158. The van der Waals surface area contributed by atoms with Crippen molar-refractivity contribution in [3.05, 3.63) is 238 Å². The lowest BCUT2D eigenvalue weighted by Gasteiger charge is -2.19. The molecule has 0 unspecified atom stereocenters. The monoisotopic (exact) mass is 1470 g/mol. The first-order valence-corrected chi connectivity index (χ1v) is 31.1. The van der Waals surface area contributed by atoms with Crippen molar-refractivity contribution in [1.82, 2.24) is 68.1 Å². The third-order valence-corrected chi connectivity index (χ3v) is 14.0. The molecule has 7 heterocycles. The van der Waals surface area contributed by atoms with Crippen LogP contribution in [-0.4, -0.2) is 110 Å². The minimum absolute atomic E-state index is 0.0140. The van der Waals surface area contributed by atoms with Crippen LogP contribution in [0.25, 0.3) is 56.2 Å². The van der Waals surface area contributed by atoms with Crippen LogP contribution in [0.15, 0.2) is 209 Å². The van der Waals surface area contributed by atoms with Crippen LogP contribution < -0.4 is 55.1 Å². The van der Waals surface area contributed by atoms with Gasteiger partial charge in [0.2, 0.25) is 6.08 Å². The Morgan fingerprint density at radius 2 is 0.813 bits per heavy atom. The number of hydrogen-bond donors (Lipinski definition) is 10. The second kappa shape index (κ2) is 32.6. The van der Waals surface area contributed by atoms with Crippen molar-refractivity contribution in [2.24, 2.45) is 10.7 Å². The van der Waals surface area contributed by atoms with Crippen molar-refractivity contribution in [2.45, 2.75) is 65.1 Å². The van der Waals surface area contributed by atoms with E-state index in [0.717, 1.165) is 35.6 Å². The van der Waals surface area contributed by atoms with Crippen LogP contribution in [0.1, 0.15) is 63.2 Å². The Labute approximate surface area is 598 Å². The van der Waals surface area contributed by atoms with Gasteiger partial charge in [-0.2, -0.15) is 31.3 Å². The van der Waals surface area contributed by atoms with Gasteiger partial charge in [0.25, 0.3) is 22.6 Å². The third-order valence-electron chi connectivity index (χ3n) is 14.0. The van der Waals surface area contributed by atoms with Crippen LogP contribution >= 0.6 is 0 Å². The molecular formula is C69H62F6N22O10. The molecule has 0 atom stereocenters. The summed E-state index contributed by atoms with van der Waals surface area (Å²) >= 11 is 0. The van der Waals surface area contributed by atoms with Gasteiger partial charge in [-0.1, -0.05) is 12.1 Å². The number of nitrogens with two attached hydrogens (primary N) is 3. The summed E-state index contributed by atoms with van der Waals surface area (Å²) in [4.78, 5) is 130. The number of benzene rings is 6. The van der Waals surface area contributed by atoms with E-state index in [1.807, 2.05) is 12.1 Å². The number of nitrogens with one attached hydrogen (secondary N) is 7. The van der Waals surface area contributed by atoms with Crippen LogP contribution in [-0.2, 0) is 26.6 Å². The number of isocyanates is 1. The largest absolute Gasteiger partial charge is 0.444 e. The van der Waals surface area contributed by atoms with Gasteiger partial charge in [0.1, 0.15) is 42.3 Å². The van der Waals surface area contributed by atoms with Gasteiger partial charge < -0.3 is 52.3 Å². The molecule has 0 saturated heterocycles. The Morgan fingerprint density at radius 3 is 1.19 bits per heavy atom. The number of nitrogen functional groups attached to an aromatic ring is 2. The zero-order valence-electron chi connectivity index (χ0n) is 56.8. The number of amides is 5. The Morgan fingerprint density at radius 1 is 0.458 bits per heavy atom. The van der Waals surface area contributed by atoms with Gasteiger partial charge in [-0.05, 0) is 175 Å². The average molecular weight is 1470 g/mol. The van der Waals surface area contributed by atoms with Crippen LogP contribution in [0.5, 0.6) is 0 Å². The maximum atomic E-state index is 12.8. The number of rotatable bonds is 10. The van der Waals surface area contributed by atoms with Crippen molar-refractivity contribution in [3.63, 3.8) is 0 Å². The molecule has 6 aromatic carbocycles. The molecule has 5 amide bonds. The topological polar surface area (TPSA) is 451 Å². The van der Waals surface area contributed by atoms with Gasteiger partial charge in [-0.15, -0.1) is 0 Å². The number of aromatic nitrogens is 14.